The summed E-state index contributed by atoms with van der Waals surface area (Å²) in [6, 6.07) is 9.66. The van der Waals surface area contributed by atoms with Gasteiger partial charge in [-0.3, -0.25) is 4.79 Å². The molecule has 0 bridgehead atoms. The fourth-order valence-corrected chi connectivity index (χ4v) is 4.21. The molecular weight excluding hydrogens is 409 g/mol. The van der Waals surface area contributed by atoms with Crippen LogP contribution in [0.25, 0.3) is 22.4 Å². The molecule has 1 N–H and O–H groups in total. The van der Waals surface area contributed by atoms with E-state index in [1.54, 1.807) is 6.07 Å². The first-order valence-corrected chi connectivity index (χ1v) is 10.8. The number of carboxylic acids is 1. The molecule has 0 aliphatic carbocycles. The van der Waals surface area contributed by atoms with E-state index < -0.39 is 11.4 Å². The van der Waals surface area contributed by atoms with Crippen molar-refractivity contribution >= 4 is 5.97 Å². The third-order valence-electron chi connectivity index (χ3n) is 5.47. The largest absolute Gasteiger partial charge is 0.492 e. The van der Waals surface area contributed by atoms with Crippen LogP contribution in [0.3, 0.4) is 0 Å². The van der Waals surface area contributed by atoms with E-state index in [4.69, 9.17) is 4.74 Å². The second kappa shape index (κ2) is 8.61. The van der Waals surface area contributed by atoms with Gasteiger partial charge < -0.3 is 14.4 Å². The van der Waals surface area contributed by atoms with Crippen LogP contribution in [0.1, 0.15) is 42.3 Å². The van der Waals surface area contributed by atoms with Gasteiger partial charge in [0.1, 0.15) is 17.1 Å². The third kappa shape index (κ3) is 4.05. The summed E-state index contributed by atoms with van der Waals surface area (Å²) in [4.78, 5) is 23.6. The molecule has 5 nitrogen and oxygen atoms in total. The molecule has 0 fully saturated rings. The van der Waals surface area contributed by atoms with Crippen molar-refractivity contribution in [3.63, 3.8) is 0 Å². The maximum atomic E-state index is 13.8. The number of aryl methyl sites for hydroxylation is 1. The quantitative estimate of drug-likeness (QED) is 0.603. The van der Waals surface area contributed by atoms with E-state index in [-0.39, 0.29) is 11.4 Å². The molecule has 0 unspecified atom stereocenters. The molecule has 166 valence electrons. The number of hydrogen-bond donors (Lipinski definition) is 1. The zero-order valence-corrected chi connectivity index (χ0v) is 18.4. The SMILES string of the molecule is CC(C)C.O=C(O)c1cn2c(cc1=O)-c1cc(-c3cccc(F)c3)c3c(c1CC2)CCO3. The molecule has 3 aromatic rings. The topological polar surface area (TPSA) is 68.5 Å². The number of carboxylic acid groups (broad SMARTS) is 1. The zero-order chi connectivity index (χ0) is 23.0. The fourth-order valence-electron chi connectivity index (χ4n) is 4.21. The van der Waals surface area contributed by atoms with Crippen LogP contribution in [0.2, 0.25) is 0 Å². The Labute approximate surface area is 186 Å². The summed E-state index contributed by atoms with van der Waals surface area (Å²) in [7, 11) is 0. The number of hydrogen-bond acceptors (Lipinski definition) is 3. The van der Waals surface area contributed by atoms with E-state index in [1.165, 1.54) is 24.4 Å². The van der Waals surface area contributed by atoms with Gasteiger partial charge in [0.05, 0.1) is 12.3 Å². The second-order valence-corrected chi connectivity index (χ2v) is 8.78. The van der Waals surface area contributed by atoms with Gasteiger partial charge in [-0.05, 0) is 41.7 Å². The Hall–Kier alpha value is -3.41. The maximum absolute atomic E-state index is 13.8. The van der Waals surface area contributed by atoms with Gasteiger partial charge in [-0.2, -0.15) is 0 Å². The van der Waals surface area contributed by atoms with Gasteiger partial charge in [-0.1, -0.05) is 32.9 Å². The van der Waals surface area contributed by atoms with Crippen molar-refractivity contribution < 1.29 is 19.0 Å². The minimum Gasteiger partial charge on any atom is -0.492 e. The molecule has 2 aliphatic rings. The van der Waals surface area contributed by atoms with Gasteiger partial charge in [-0.25, -0.2) is 9.18 Å². The monoisotopic (exact) mass is 435 g/mol. The maximum Gasteiger partial charge on any atom is 0.341 e. The van der Waals surface area contributed by atoms with Crippen molar-refractivity contribution in [3.05, 3.63) is 75.3 Å². The predicted octanol–water partition coefficient (Wildman–Crippen LogP) is 5.17. The number of aromatic nitrogens is 1. The van der Waals surface area contributed by atoms with Gasteiger partial charge in [0.2, 0.25) is 0 Å². The number of halogens is 1. The fraction of sp³-hybridized carbons (Fsp3) is 0.308. The molecular formula is C26H26FNO4. The molecule has 2 aromatic carbocycles. The Kier molecular flexibility index (Phi) is 5.87. The van der Waals surface area contributed by atoms with Gasteiger partial charge >= 0.3 is 5.97 Å². The number of benzene rings is 2. The van der Waals surface area contributed by atoms with E-state index >= 15 is 0 Å². The Morgan fingerprint density at radius 2 is 1.84 bits per heavy atom. The summed E-state index contributed by atoms with van der Waals surface area (Å²) < 4.78 is 21.5. The van der Waals surface area contributed by atoms with Crippen LogP contribution in [-0.4, -0.2) is 22.2 Å². The summed E-state index contributed by atoms with van der Waals surface area (Å²) in [5, 5.41) is 9.24. The summed E-state index contributed by atoms with van der Waals surface area (Å²) in [6.45, 7) is 7.66. The highest BCUT2D eigenvalue weighted by molar-refractivity contribution is 5.88. The molecule has 0 saturated carbocycles. The molecule has 0 atom stereocenters. The lowest BCUT2D eigenvalue weighted by Gasteiger charge is -2.25. The number of nitrogens with zero attached hydrogens (tertiary/aromatic N) is 1. The van der Waals surface area contributed by atoms with E-state index in [1.807, 2.05) is 16.7 Å². The minimum absolute atomic E-state index is 0.234. The number of rotatable bonds is 2. The van der Waals surface area contributed by atoms with Crippen molar-refractivity contribution in [2.24, 2.45) is 5.92 Å². The predicted molar refractivity (Wildman–Crippen MR) is 122 cm³/mol. The highest BCUT2D eigenvalue weighted by atomic mass is 19.1. The van der Waals surface area contributed by atoms with Gasteiger partial charge in [0.25, 0.3) is 0 Å². The highest BCUT2D eigenvalue weighted by Gasteiger charge is 2.28. The lowest BCUT2D eigenvalue weighted by molar-refractivity contribution is 0.0694. The van der Waals surface area contributed by atoms with E-state index in [2.05, 4.69) is 20.8 Å². The van der Waals surface area contributed by atoms with Crippen LogP contribution in [0.4, 0.5) is 4.39 Å². The Balaban J connectivity index is 0.000000567. The Bertz CT molecular complexity index is 1260. The molecule has 6 heteroatoms. The molecule has 0 spiro atoms. The first-order valence-electron chi connectivity index (χ1n) is 10.8. The standard InChI is InChI=1S/C22H16FNO4.C4H10/c23-13-3-1-2-12(8-13)16-9-17-14(15-5-7-28-21(15)16)4-6-24-11-18(22(26)27)20(25)10-19(17)24;1-4(2)3/h1-3,8-11H,4-7H2,(H,26,27);4H,1-3H3. The van der Waals surface area contributed by atoms with E-state index in [9.17, 15) is 19.1 Å². The summed E-state index contributed by atoms with van der Waals surface area (Å²) in [5.74, 6) is 0.0564. The number of ether oxygens (including phenoxy) is 1. The van der Waals surface area contributed by atoms with Gasteiger partial charge in [0, 0.05) is 41.9 Å². The molecule has 0 saturated heterocycles. The molecule has 5 rings (SSSR count). The van der Waals surface area contributed by atoms with Crippen LogP contribution in [-0.2, 0) is 19.4 Å². The normalized spacial score (nSPS) is 13.4. The van der Waals surface area contributed by atoms with Crippen molar-refractivity contribution in [3.8, 4) is 28.1 Å². The second-order valence-electron chi connectivity index (χ2n) is 8.78. The van der Waals surface area contributed by atoms with Crippen LogP contribution in [0, 0.1) is 11.7 Å². The smallest absolute Gasteiger partial charge is 0.341 e. The first kappa shape index (κ1) is 21.8. The molecule has 0 radical (unpaired) electrons. The van der Waals surface area contributed by atoms with Crippen LogP contribution >= 0.6 is 0 Å². The van der Waals surface area contributed by atoms with Crippen LogP contribution < -0.4 is 10.2 Å². The van der Waals surface area contributed by atoms with E-state index in [0.29, 0.717) is 24.4 Å². The Morgan fingerprint density at radius 1 is 1.09 bits per heavy atom. The summed E-state index contributed by atoms with van der Waals surface area (Å²) in [6.07, 6.45) is 2.90. The lowest BCUT2D eigenvalue weighted by Crippen LogP contribution is -2.22. The van der Waals surface area contributed by atoms with Crippen molar-refractivity contribution in [1.82, 2.24) is 4.57 Å². The third-order valence-corrected chi connectivity index (χ3v) is 5.47. The molecule has 3 heterocycles. The van der Waals surface area contributed by atoms with Crippen molar-refractivity contribution in [1.29, 1.82) is 0 Å². The Morgan fingerprint density at radius 3 is 2.53 bits per heavy atom. The first-order chi connectivity index (χ1) is 15.3. The molecule has 0 amide bonds. The molecule has 1 aromatic heterocycles. The van der Waals surface area contributed by atoms with Crippen LogP contribution in [0.15, 0.2) is 47.4 Å². The van der Waals surface area contributed by atoms with Gasteiger partial charge in [0.15, 0.2) is 5.43 Å². The van der Waals surface area contributed by atoms with Gasteiger partial charge in [-0.15, -0.1) is 0 Å². The lowest BCUT2D eigenvalue weighted by atomic mass is 9.87. The zero-order valence-electron chi connectivity index (χ0n) is 18.4. The van der Waals surface area contributed by atoms with Crippen molar-refractivity contribution in [2.45, 2.75) is 40.2 Å². The average Bonchev–Trinajstić information content (AvgIpc) is 3.22. The summed E-state index contributed by atoms with van der Waals surface area (Å²) >= 11 is 0. The average molecular weight is 435 g/mol. The van der Waals surface area contributed by atoms with Crippen LogP contribution in [0.5, 0.6) is 5.75 Å². The summed E-state index contributed by atoms with van der Waals surface area (Å²) in [5.41, 5.74) is 4.52. The number of carbonyl (C=O) groups is 1. The molecule has 2 aliphatic heterocycles. The number of fused-ring (bicyclic) bond motifs is 5. The van der Waals surface area contributed by atoms with Crippen molar-refractivity contribution in [2.75, 3.05) is 6.61 Å². The minimum atomic E-state index is -1.23. The van der Waals surface area contributed by atoms with E-state index in [0.717, 1.165) is 46.8 Å². The number of pyridine rings is 1. The highest BCUT2D eigenvalue weighted by Crippen LogP contribution is 2.45. The molecule has 32 heavy (non-hydrogen) atoms. The number of aromatic carboxylic acids is 1.